The highest BCUT2D eigenvalue weighted by molar-refractivity contribution is 6.37. The first kappa shape index (κ1) is 13.4. The summed E-state index contributed by atoms with van der Waals surface area (Å²) in [6, 6.07) is 5.17. The van der Waals surface area contributed by atoms with Crippen molar-refractivity contribution in [1.29, 1.82) is 0 Å². The smallest absolute Gasteiger partial charge is 0.356 e. The number of rotatable bonds is 3. The minimum atomic E-state index is -1.31. The van der Waals surface area contributed by atoms with Crippen LogP contribution in [0, 0.1) is 0 Å². The molecule has 7 heteroatoms. The van der Waals surface area contributed by atoms with Crippen LogP contribution >= 0.6 is 0 Å². The van der Waals surface area contributed by atoms with E-state index in [0.29, 0.717) is 17.0 Å². The number of nitrogens with zero attached hydrogens (tertiary/aromatic N) is 1. The Morgan fingerprint density at radius 2 is 2.33 bits per heavy atom. The first-order valence-electron chi connectivity index (χ1n) is 6.53. The maximum atomic E-state index is 12.3. The average molecular weight is 290 g/mol. The highest BCUT2D eigenvalue weighted by Crippen LogP contribution is 2.45. The molecule has 1 spiro atoms. The first-order chi connectivity index (χ1) is 10.1. The zero-order valence-corrected chi connectivity index (χ0v) is 11.6. The van der Waals surface area contributed by atoms with Crippen LogP contribution in [0.3, 0.4) is 0 Å². The quantitative estimate of drug-likeness (QED) is 0.845. The van der Waals surface area contributed by atoms with E-state index in [0.717, 1.165) is 0 Å². The van der Waals surface area contributed by atoms with E-state index in [1.807, 2.05) is 0 Å². The molecule has 0 saturated carbocycles. The van der Waals surface area contributed by atoms with Crippen molar-refractivity contribution in [2.75, 3.05) is 19.0 Å². The molecule has 0 bridgehead atoms. The van der Waals surface area contributed by atoms with Crippen molar-refractivity contribution in [2.45, 2.75) is 18.9 Å². The normalized spacial score (nSPS) is 22.4. The predicted molar refractivity (Wildman–Crippen MR) is 73.1 cm³/mol. The van der Waals surface area contributed by atoms with Crippen molar-refractivity contribution in [2.24, 2.45) is 5.16 Å². The third-order valence-corrected chi connectivity index (χ3v) is 3.52. The third kappa shape index (κ3) is 1.93. The van der Waals surface area contributed by atoms with Crippen molar-refractivity contribution in [3.63, 3.8) is 0 Å². The zero-order valence-electron chi connectivity index (χ0n) is 11.6. The van der Waals surface area contributed by atoms with Gasteiger partial charge in [-0.2, -0.15) is 0 Å². The Morgan fingerprint density at radius 1 is 1.52 bits per heavy atom. The highest BCUT2D eigenvalue weighted by atomic mass is 16.7. The summed E-state index contributed by atoms with van der Waals surface area (Å²) >= 11 is 0. The highest BCUT2D eigenvalue weighted by Gasteiger charge is 2.55. The fourth-order valence-corrected chi connectivity index (χ4v) is 2.46. The Balaban J connectivity index is 1.95. The number of benzene rings is 1. The molecule has 21 heavy (non-hydrogen) atoms. The summed E-state index contributed by atoms with van der Waals surface area (Å²) in [5, 5.41) is 6.46. The minimum Gasteiger partial charge on any atom is -0.497 e. The molecule has 1 atom stereocenters. The molecule has 1 aromatic rings. The number of carbonyl (C=O) groups is 2. The summed E-state index contributed by atoms with van der Waals surface area (Å²) in [7, 11) is 1.54. The van der Waals surface area contributed by atoms with E-state index in [4.69, 9.17) is 14.3 Å². The van der Waals surface area contributed by atoms with Crippen LogP contribution in [0.15, 0.2) is 23.4 Å². The van der Waals surface area contributed by atoms with Gasteiger partial charge in [-0.05, 0) is 25.1 Å². The molecule has 1 N–H and O–H groups in total. The van der Waals surface area contributed by atoms with Gasteiger partial charge in [-0.25, -0.2) is 4.79 Å². The molecule has 2 aliphatic rings. The summed E-state index contributed by atoms with van der Waals surface area (Å²) in [4.78, 5) is 29.4. The van der Waals surface area contributed by atoms with Gasteiger partial charge in [-0.1, -0.05) is 5.16 Å². The van der Waals surface area contributed by atoms with Gasteiger partial charge < -0.3 is 19.6 Å². The number of hydrogen-bond acceptors (Lipinski definition) is 6. The second-order valence-corrected chi connectivity index (χ2v) is 4.72. The number of anilines is 1. The van der Waals surface area contributed by atoms with E-state index in [9.17, 15) is 9.59 Å². The second kappa shape index (κ2) is 4.76. The van der Waals surface area contributed by atoms with Gasteiger partial charge in [-0.3, -0.25) is 4.79 Å². The van der Waals surface area contributed by atoms with E-state index in [1.165, 1.54) is 7.11 Å². The van der Waals surface area contributed by atoms with Crippen molar-refractivity contribution in [3.05, 3.63) is 23.8 Å². The van der Waals surface area contributed by atoms with Crippen LogP contribution in [0.2, 0.25) is 0 Å². The Morgan fingerprint density at radius 3 is 3.05 bits per heavy atom. The van der Waals surface area contributed by atoms with Gasteiger partial charge in [0.2, 0.25) is 5.60 Å². The average Bonchev–Trinajstić information content (AvgIpc) is 3.04. The maximum Gasteiger partial charge on any atom is 0.356 e. The SMILES string of the molecule is CCOC(=O)C1=NOC2(C1)C(=O)Nc1ccc(OC)cc12. The van der Waals surface area contributed by atoms with Crippen LogP contribution in [0.4, 0.5) is 5.69 Å². The Labute approximate surface area is 120 Å². The van der Waals surface area contributed by atoms with Crippen LogP contribution in [0.25, 0.3) is 0 Å². The lowest BCUT2D eigenvalue weighted by Gasteiger charge is -2.18. The van der Waals surface area contributed by atoms with Crippen LogP contribution < -0.4 is 10.1 Å². The van der Waals surface area contributed by atoms with Gasteiger partial charge in [0.1, 0.15) is 5.75 Å². The van der Waals surface area contributed by atoms with Crippen LogP contribution in [0.5, 0.6) is 5.75 Å². The number of hydrogen-bond donors (Lipinski definition) is 1. The maximum absolute atomic E-state index is 12.3. The molecule has 1 unspecified atom stereocenters. The number of ether oxygens (including phenoxy) is 2. The number of carbonyl (C=O) groups excluding carboxylic acids is 2. The summed E-state index contributed by atoms with van der Waals surface area (Å²) in [6.07, 6.45) is 0.0395. The zero-order chi connectivity index (χ0) is 15.0. The van der Waals surface area contributed by atoms with Gasteiger partial charge in [0, 0.05) is 11.3 Å². The van der Waals surface area contributed by atoms with Crippen molar-refractivity contribution in [1.82, 2.24) is 0 Å². The number of esters is 1. The Bertz CT molecular complexity index is 655. The van der Waals surface area contributed by atoms with Gasteiger partial charge >= 0.3 is 5.97 Å². The largest absolute Gasteiger partial charge is 0.497 e. The van der Waals surface area contributed by atoms with Gasteiger partial charge in [0.15, 0.2) is 5.71 Å². The van der Waals surface area contributed by atoms with Crippen molar-refractivity contribution in [3.8, 4) is 5.75 Å². The summed E-state index contributed by atoms with van der Waals surface area (Å²) < 4.78 is 10.1. The third-order valence-electron chi connectivity index (χ3n) is 3.52. The molecule has 0 aromatic heterocycles. The molecule has 0 aliphatic carbocycles. The fourth-order valence-electron chi connectivity index (χ4n) is 2.46. The molecular weight excluding hydrogens is 276 g/mol. The van der Waals surface area contributed by atoms with Crippen molar-refractivity contribution < 1.29 is 23.9 Å². The van der Waals surface area contributed by atoms with Gasteiger partial charge in [0.05, 0.1) is 20.1 Å². The fraction of sp³-hybridized carbons (Fsp3) is 0.357. The minimum absolute atomic E-state index is 0.0395. The molecule has 3 rings (SSSR count). The van der Waals surface area contributed by atoms with E-state index >= 15 is 0 Å². The predicted octanol–water partition coefficient (Wildman–Crippen LogP) is 1.18. The monoisotopic (exact) mass is 290 g/mol. The van der Waals surface area contributed by atoms with Gasteiger partial charge in [0.25, 0.3) is 5.91 Å². The molecule has 0 fully saturated rings. The summed E-state index contributed by atoms with van der Waals surface area (Å²) in [5.74, 6) is -0.329. The van der Waals surface area contributed by atoms with Crippen LogP contribution in [-0.4, -0.2) is 31.3 Å². The number of methoxy groups -OCH3 is 1. The number of nitrogens with one attached hydrogen (secondary N) is 1. The van der Waals surface area contributed by atoms with E-state index in [1.54, 1.807) is 25.1 Å². The number of amides is 1. The van der Waals surface area contributed by atoms with Crippen molar-refractivity contribution >= 4 is 23.3 Å². The molecule has 7 nitrogen and oxygen atoms in total. The lowest BCUT2D eigenvalue weighted by Crippen LogP contribution is -2.35. The molecule has 110 valence electrons. The molecule has 0 saturated heterocycles. The molecular formula is C14H14N2O5. The lowest BCUT2D eigenvalue weighted by atomic mass is 9.90. The lowest BCUT2D eigenvalue weighted by molar-refractivity contribution is -0.137. The second-order valence-electron chi connectivity index (χ2n) is 4.72. The summed E-state index contributed by atoms with van der Waals surface area (Å²) in [6.45, 7) is 1.94. The number of oxime groups is 1. The van der Waals surface area contributed by atoms with E-state index in [2.05, 4.69) is 10.5 Å². The Kier molecular flexibility index (Phi) is 3.04. The van der Waals surface area contributed by atoms with E-state index < -0.39 is 11.6 Å². The topological polar surface area (TPSA) is 86.2 Å². The van der Waals surface area contributed by atoms with E-state index in [-0.39, 0.29) is 24.6 Å². The summed E-state index contributed by atoms with van der Waals surface area (Å²) in [5.41, 5.74) is 0.0186. The molecule has 1 amide bonds. The van der Waals surface area contributed by atoms with Crippen LogP contribution in [0.1, 0.15) is 18.9 Å². The molecule has 1 aromatic carbocycles. The number of fused-ring (bicyclic) bond motifs is 2. The molecule has 0 radical (unpaired) electrons. The first-order valence-corrected chi connectivity index (χ1v) is 6.53. The molecule has 2 heterocycles. The molecule has 2 aliphatic heterocycles. The van der Waals surface area contributed by atoms with Gasteiger partial charge in [-0.15, -0.1) is 0 Å². The van der Waals surface area contributed by atoms with Crippen LogP contribution in [-0.2, 0) is 24.8 Å². The standard InChI is InChI=1S/C14H14N2O5/c1-3-20-12(17)11-7-14(21-16-11)9-6-8(19-2)4-5-10(9)15-13(14)18/h4-6H,3,7H2,1-2H3,(H,15,18). The Hall–Kier alpha value is -2.57.